The molecular formula is C22H28N2O. The summed E-state index contributed by atoms with van der Waals surface area (Å²) in [6.45, 7) is 4.73. The van der Waals surface area contributed by atoms with Gasteiger partial charge in [-0.3, -0.25) is 4.90 Å². The Labute approximate surface area is 151 Å². The summed E-state index contributed by atoms with van der Waals surface area (Å²) < 4.78 is 5.40. The van der Waals surface area contributed by atoms with Crippen LogP contribution in [0.3, 0.4) is 0 Å². The fraction of sp³-hybridized carbons (Fsp3) is 0.455. The first kappa shape index (κ1) is 16.6. The first-order valence-electron chi connectivity index (χ1n) is 9.44. The lowest BCUT2D eigenvalue weighted by atomic mass is 9.84. The van der Waals surface area contributed by atoms with Gasteiger partial charge in [-0.05, 0) is 66.8 Å². The minimum Gasteiger partial charge on any atom is -0.497 e. The Kier molecular flexibility index (Phi) is 4.78. The van der Waals surface area contributed by atoms with Crippen molar-refractivity contribution in [2.45, 2.75) is 25.3 Å². The monoisotopic (exact) mass is 336 g/mol. The smallest absolute Gasteiger partial charge is 0.119 e. The molecule has 2 aromatic carbocycles. The van der Waals surface area contributed by atoms with Crippen molar-refractivity contribution in [3.8, 4) is 16.9 Å². The zero-order chi connectivity index (χ0) is 17.2. The predicted octanol–water partition coefficient (Wildman–Crippen LogP) is 3.99. The predicted molar refractivity (Wildman–Crippen MR) is 103 cm³/mol. The molecule has 1 saturated heterocycles. The Morgan fingerprint density at radius 1 is 0.960 bits per heavy atom. The lowest BCUT2D eigenvalue weighted by Crippen LogP contribution is -2.46. The molecule has 3 heteroatoms. The minimum atomic E-state index is 0.586. The zero-order valence-electron chi connectivity index (χ0n) is 15.4. The number of fused-ring (bicyclic) bond motifs is 1. The molecule has 1 atom stereocenters. The molecular weight excluding hydrogens is 308 g/mol. The average Bonchev–Trinajstić information content (AvgIpc) is 2.68. The van der Waals surface area contributed by atoms with Crippen molar-refractivity contribution in [3.63, 3.8) is 0 Å². The fourth-order valence-electron chi connectivity index (χ4n) is 4.27. The number of methoxy groups -OCH3 is 1. The van der Waals surface area contributed by atoms with Gasteiger partial charge in [0.05, 0.1) is 7.11 Å². The van der Waals surface area contributed by atoms with Gasteiger partial charge in [0.2, 0.25) is 0 Å². The van der Waals surface area contributed by atoms with Crippen molar-refractivity contribution in [2.24, 2.45) is 0 Å². The number of ether oxygens (including phenoxy) is 1. The number of hydrogen-bond donors (Lipinski definition) is 0. The summed E-state index contributed by atoms with van der Waals surface area (Å²) >= 11 is 0. The largest absolute Gasteiger partial charge is 0.497 e. The highest BCUT2D eigenvalue weighted by atomic mass is 16.5. The molecule has 2 aliphatic rings. The molecule has 3 nitrogen and oxygen atoms in total. The summed E-state index contributed by atoms with van der Waals surface area (Å²) in [5.41, 5.74) is 5.64. The topological polar surface area (TPSA) is 15.7 Å². The Balaban J connectivity index is 1.66. The van der Waals surface area contributed by atoms with Crippen LogP contribution in [0.15, 0.2) is 42.5 Å². The molecule has 0 radical (unpaired) electrons. The molecule has 0 N–H and O–H groups in total. The number of likely N-dealkylation sites (N-methyl/N-ethyl adjacent to an activating group) is 1. The minimum absolute atomic E-state index is 0.586. The SMILES string of the molecule is COc1cccc(-c2ccc3c(c2)C(N2CCN(C)CC2)CCC3)c1. The highest BCUT2D eigenvalue weighted by Crippen LogP contribution is 2.37. The summed E-state index contributed by atoms with van der Waals surface area (Å²) in [4.78, 5) is 5.14. The van der Waals surface area contributed by atoms with E-state index in [0.29, 0.717) is 6.04 Å². The zero-order valence-corrected chi connectivity index (χ0v) is 15.4. The van der Waals surface area contributed by atoms with Crippen LogP contribution in [0.5, 0.6) is 5.75 Å². The van der Waals surface area contributed by atoms with Crippen LogP contribution in [-0.4, -0.2) is 50.1 Å². The van der Waals surface area contributed by atoms with E-state index in [1.54, 1.807) is 18.2 Å². The van der Waals surface area contributed by atoms with E-state index in [1.165, 1.54) is 56.6 Å². The molecule has 1 unspecified atom stereocenters. The highest BCUT2D eigenvalue weighted by Gasteiger charge is 2.28. The van der Waals surface area contributed by atoms with E-state index in [9.17, 15) is 0 Å². The van der Waals surface area contributed by atoms with Crippen molar-refractivity contribution < 1.29 is 4.74 Å². The molecule has 25 heavy (non-hydrogen) atoms. The van der Waals surface area contributed by atoms with Crippen LogP contribution >= 0.6 is 0 Å². The van der Waals surface area contributed by atoms with E-state index in [-0.39, 0.29) is 0 Å². The van der Waals surface area contributed by atoms with Gasteiger partial charge < -0.3 is 9.64 Å². The Morgan fingerprint density at radius 3 is 2.56 bits per heavy atom. The number of hydrogen-bond acceptors (Lipinski definition) is 3. The van der Waals surface area contributed by atoms with Gasteiger partial charge in [0.1, 0.15) is 5.75 Å². The second-order valence-corrected chi connectivity index (χ2v) is 7.39. The van der Waals surface area contributed by atoms with Crippen LogP contribution in [0.1, 0.15) is 30.0 Å². The maximum absolute atomic E-state index is 5.40. The molecule has 2 aromatic rings. The number of rotatable bonds is 3. The van der Waals surface area contributed by atoms with Crippen molar-refractivity contribution in [2.75, 3.05) is 40.3 Å². The molecule has 132 valence electrons. The second kappa shape index (κ2) is 7.19. The third-order valence-corrected chi connectivity index (χ3v) is 5.81. The fourth-order valence-corrected chi connectivity index (χ4v) is 4.27. The molecule has 0 saturated carbocycles. The van der Waals surface area contributed by atoms with E-state index in [0.717, 1.165) is 5.75 Å². The standard InChI is InChI=1S/C22H28N2O/c1-23-11-13-24(14-12-23)22-8-4-5-17-9-10-19(16-21(17)22)18-6-3-7-20(15-18)25-2/h3,6-7,9-10,15-16,22H,4-5,8,11-14H2,1-2H3. The Hall–Kier alpha value is -1.84. The van der Waals surface area contributed by atoms with Crippen LogP contribution < -0.4 is 4.74 Å². The highest BCUT2D eigenvalue weighted by molar-refractivity contribution is 5.67. The Bertz CT molecular complexity index is 735. The van der Waals surface area contributed by atoms with Gasteiger partial charge in [-0.25, -0.2) is 0 Å². The lowest BCUT2D eigenvalue weighted by molar-refractivity contribution is 0.102. The lowest BCUT2D eigenvalue weighted by Gasteiger charge is -2.40. The molecule has 1 fully saturated rings. The number of aryl methyl sites for hydroxylation is 1. The van der Waals surface area contributed by atoms with Crippen LogP contribution in [0.25, 0.3) is 11.1 Å². The van der Waals surface area contributed by atoms with E-state index >= 15 is 0 Å². The Morgan fingerprint density at radius 2 is 1.76 bits per heavy atom. The van der Waals surface area contributed by atoms with E-state index < -0.39 is 0 Å². The molecule has 0 amide bonds. The summed E-state index contributed by atoms with van der Waals surface area (Å²) in [6, 6.07) is 16.1. The molecule has 0 bridgehead atoms. The molecule has 0 aromatic heterocycles. The van der Waals surface area contributed by atoms with Gasteiger partial charge in [0.15, 0.2) is 0 Å². The van der Waals surface area contributed by atoms with Crippen LogP contribution in [0, 0.1) is 0 Å². The molecule has 1 aliphatic carbocycles. The number of nitrogens with zero attached hydrogens (tertiary/aromatic N) is 2. The van der Waals surface area contributed by atoms with E-state index in [4.69, 9.17) is 4.74 Å². The average molecular weight is 336 g/mol. The van der Waals surface area contributed by atoms with E-state index in [2.05, 4.69) is 53.2 Å². The summed E-state index contributed by atoms with van der Waals surface area (Å²) in [7, 11) is 3.96. The first-order valence-corrected chi connectivity index (χ1v) is 9.44. The van der Waals surface area contributed by atoms with Crippen LogP contribution in [0.4, 0.5) is 0 Å². The van der Waals surface area contributed by atoms with Crippen molar-refractivity contribution in [1.82, 2.24) is 9.80 Å². The first-order chi connectivity index (χ1) is 12.2. The van der Waals surface area contributed by atoms with Crippen molar-refractivity contribution in [1.29, 1.82) is 0 Å². The normalized spacial score (nSPS) is 21.8. The number of piperazine rings is 1. The van der Waals surface area contributed by atoms with Crippen LogP contribution in [0.2, 0.25) is 0 Å². The third kappa shape index (κ3) is 3.44. The molecule has 4 rings (SSSR count). The maximum atomic E-state index is 5.40. The van der Waals surface area contributed by atoms with Gasteiger partial charge in [-0.15, -0.1) is 0 Å². The second-order valence-electron chi connectivity index (χ2n) is 7.39. The van der Waals surface area contributed by atoms with Gasteiger partial charge in [0.25, 0.3) is 0 Å². The van der Waals surface area contributed by atoms with Gasteiger partial charge in [0, 0.05) is 32.2 Å². The van der Waals surface area contributed by atoms with Gasteiger partial charge in [-0.2, -0.15) is 0 Å². The molecule has 0 spiro atoms. The quantitative estimate of drug-likeness (QED) is 0.843. The summed E-state index contributed by atoms with van der Waals surface area (Å²) in [5.74, 6) is 0.922. The van der Waals surface area contributed by atoms with Crippen LogP contribution in [-0.2, 0) is 6.42 Å². The van der Waals surface area contributed by atoms with E-state index in [1.807, 2.05) is 6.07 Å². The summed E-state index contributed by atoms with van der Waals surface area (Å²) in [5, 5.41) is 0. The van der Waals surface area contributed by atoms with Gasteiger partial charge in [-0.1, -0.05) is 24.3 Å². The molecule has 1 aliphatic heterocycles. The maximum Gasteiger partial charge on any atom is 0.119 e. The number of benzene rings is 2. The van der Waals surface area contributed by atoms with Crippen molar-refractivity contribution >= 4 is 0 Å². The summed E-state index contributed by atoms with van der Waals surface area (Å²) in [6.07, 6.45) is 3.82. The van der Waals surface area contributed by atoms with Crippen molar-refractivity contribution in [3.05, 3.63) is 53.6 Å². The molecule has 1 heterocycles. The third-order valence-electron chi connectivity index (χ3n) is 5.81. The van der Waals surface area contributed by atoms with Gasteiger partial charge >= 0.3 is 0 Å².